The lowest BCUT2D eigenvalue weighted by Gasteiger charge is -2.21. The molecule has 2 aliphatic rings. The van der Waals surface area contributed by atoms with Gasteiger partial charge in [0.1, 0.15) is 11.5 Å². The molecule has 0 bridgehead atoms. The van der Waals surface area contributed by atoms with Gasteiger partial charge in [-0.3, -0.25) is 4.90 Å². The summed E-state index contributed by atoms with van der Waals surface area (Å²) in [5.41, 5.74) is 1.22. The summed E-state index contributed by atoms with van der Waals surface area (Å²) < 4.78 is 10.5. The Labute approximate surface area is 202 Å². The van der Waals surface area contributed by atoms with E-state index in [0.717, 1.165) is 44.2 Å². The van der Waals surface area contributed by atoms with Crippen LogP contribution in [0.4, 0.5) is 10.6 Å². The summed E-state index contributed by atoms with van der Waals surface area (Å²) in [5, 5.41) is 5.01. The Morgan fingerprint density at radius 3 is 2.58 bits per heavy atom. The van der Waals surface area contributed by atoms with E-state index in [9.17, 15) is 4.79 Å². The number of anilines is 1. The molecule has 2 saturated heterocycles. The number of amides is 1. The predicted octanol–water partition coefficient (Wildman–Crippen LogP) is 5.05. The molecule has 1 aromatic heterocycles. The van der Waals surface area contributed by atoms with Crippen LogP contribution in [-0.2, 0) is 6.54 Å². The van der Waals surface area contributed by atoms with Gasteiger partial charge >= 0.3 is 6.03 Å². The number of likely N-dealkylation sites (tertiary alicyclic amines) is 2. The summed E-state index contributed by atoms with van der Waals surface area (Å²) in [6, 6.07) is 17.4. The quantitative estimate of drug-likeness (QED) is 0.495. The molecule has 2 atom stereocenters. The molecule has 5 rings (SSSR count). The molecule has 33 heavy (non-hydrogen) atoms. The number of rotatable bonds is 6. The van der Waals surface area contributed by atoms with E-state index < -0.39 is 0 Å². The van der Waals surface area contributed by atoms with Gasteiger partial charge in [0.05, 0.1) is 0 Å². The predicted molar refractivity (Wildman–Crippen MR) is 132 cm³/mol. The summed E-state index contributed by atoms with van der Waals surface area (Å²) in [6.45, 7) is 4.43. The van der Waals surface area contributed by atoms with E-state index in [4.69, 9.17) is 16.3 Å². The maximum absolute atomic E-state index is 12.8. The lowest BCUT2D eigenvalue weighted by atomic mass is 10.0. The molecule has 7 nitrogen and oxygen atoms in total. The highest BCUT2D eigenvalue weighted by Gasteiger charge is 2.41. The second-order valence-corrected chi connectivity index (χ2v) is 9.61. The van der Waals surface area contributed by atoms with Gasteiger partial charge in [-0.25, -0.2) is 4.79 Å². The van der Waals surface area contributed by atoms with E-state index in [2.05, 4.69) is 26.9 Å². The molecular weight excluding hydrogens is 458 g/mol. The number of benzene rings is 2. The lowest BCUT2D eigenvalue weighted by Crippen LogP contribution is -2.36. The second-order valence-electron chi connectivity index (χ2n) is 8.56. The van der Waals surface area contributed by atoms with Crippen LogP contribution in [-0.4, -0.2) is 58.0 Å². The van der Waals surface area contributed by atoms with Gasteiger partial charge in [0, 0.05) is 56.3 Å². The Morgan fingerprint density at radius 2 is 1.85 bits per heavy atom. The third-order valence-corrected chi connectivity index (χ3v) is 6.84. The van der Waals surface area contributed by atoms with Crippen LogP contribution in [0.25, 0.3) is 0 Å². The smallest absolute Gasteiger partial charge is 0.344 e. The number of fused-ring (bicyclic) bond motifs is 1. The topological polar surface area (TPSA) is 62.6 Å². The lowest BCUT2D eigenvalue weighted by molar-refractivity contribution is 0.197. The average molecular weight is 484 g/mol. The maximum Gasteiger partial charge on any atom is 0.344 e. The fourth-order valence-electron chi connectivity index (χ4n) is 4.71. The Kier molecular flexibility index (Phi) is 6.48. The Bertz CT molecular complexity index is 1110. The number of nitrogens with zero attached hydrogens (tertiary/aromatic N) is 4. The van der Waals surface area contributed by atoms with Crippen LogP contribution in [0.2, 0.25) is 5.02 Å². The van der Waals surface area contributed by atoms with Crippen molar-refractivity contribution in [3.8, 4) is 11.5 Å². The minimum absolute atomic E-state index is 0.0443. The van der Waals surface area contributed by atoms with Crippen molar-refractivity contribution in [2.24, 2.45) is 11.8 Å². The third-order valence-electron chi connectivity index (χ3n) is 6.18. The van der Waals surface area contributed by atoms with Crippen LogP contribution in [0.15, 0.2) is 60.8 Å². The van der Waals surface area contributed by atoms with Gasteiger partial charge in [-0.15, -0.1) is 5.10 Å². The highest BCUT2D eigenvalue weighted by Crippen LogP contribution is 2.33. The number of halogens is 1. The minimum Gasteiger partial charge on any atom is -0.457 e. The summed E-state index contributed by atoms with van der Waals surface area (Å²) in [5.74, 6) is 3.29. The molecule has 2 aliphatic heterocycles. The molecule has 2 unspecified atom stereocenters. The molecule has 172 valence electrons. The van der Waals surface area contributed by atoms with E-state index in [1.165, 1.54) is 22.2 Å². The van der Waals surface area contributed by atoms with Crippen molar-refractivity contribution in [3.63, 3.8) is 0 Å². The van der Waals surface area contributed by atoms with Gasteiger partial charge in [0.25, 0.3) is 0 Å². The molecule has 0 spiro atoms. The van der Waals surface area contributed by atoms with Crippen LogP contribution in [0.3, 0.4) is 0 Å². The SMILES string of the molecule is CSNc1ccn(C(=O)N2CC3CN(Cc4cccc(Oc5ccc(Cl)cc5)c4)CC3C2)n1. The zero-order valence-electron chi connectivity index (χ0n) is 18.4. The van der Waals surface area contributed by atoms with Crippen molar-refractivity contribution in [1.82, 2.24) is 19.6 Å². The monoisotopic (exact) mass is 483 g/mol. The maximum atomic E-state index is 12.8. The summed E-state index contributed by atoms with van der Waals surface area (Å²) >= 11 is 7.41. The molecule has 3 aromatic rings. The summed E-state index contributed by atoms with van der Waals surface area (Å²) in [4.78, 5) is 17.2. The molecule has 1 N–H and O–H groups in total. The van der Waals surface area contributed by atoms with Crippen molar-refractivity contribution in [2.75, 3.05) is 37.2 Å². The molecule has 0 radical (unpaired) electrons. The first kappa shape index (κ1) is 22.1. The molecule has 2 fully saturated rings. The fraction of sp³-hybridized carbons (Fsp3) is 0.333. The van der Waals surface area contributed by atoms with Crippen molar-refractivity contribution < 1.29 is 9.53 Å². The van der Waals surface area contributed by atoms with Crippen LogP contribution >= 0.6 is 23.5 Å². The first-order chi connectivity index (χ1) is 16.1. The third kappa shape index (κ3) is 5.13. The standard InChI is InChI=1S/C24H26ClN5O2S/c1-33-27-23-9-10-30(26-23)24(31)29-15-18-13-28(14-19(18)16-29)12-17-3-2-4-22(11-17)32-21-7-5-20(25)6-8-21/h2-11,18-19H,12-16H2,1H3,(H,26,27). The largest absolute Gasteiger partial charge is 0.457 e. The van der Waals surface area contributed by atoms with E-state index in [1.54, 1.807) is 6.20 Å². The molecule has 3 heterocycles. The highest BCUT2D eigenvalue weighted by atomic mass is 35.5. The zero-order chi connectivity index (χ0) is 22.8. The minimum atomic E-state index is -0.0443. The highest BCUT2D eigenvalue weighted by molar-refractivity contribution is 7.99. The Morgan fingerprint density at radius 1 is 1.09 bits per heavy atom. The first-order valence-electron chi connectivity index (χ1n) is 11.0. The van der Waals surface area contributed by atoms with Crippen LogP contribution < -0.4 is 9.46 Å². The van der Waals surface area contributed by atoms with Crippen LogP contribution in [0.5, 0.6) is 11.5 Å². The van der Waals surface area contributed by atoms with Crippen LogP contribution in [0.1, 0.15) is 5.56 Å². The van der Waals surface area contributed by atoms with E-state index in [1.807, 2.05) is 53.6 Å². The summed E-state index contributed by atoms with van der Waals surface area (Å²) in [6.07, 6.45) is 3.65. The average Bonchev–Trinajstić information content (AvgIpc) is 3.51. The van der Waals surface area contributed by atoms with Crippen LogP contribution in [0, 0.1) is 11.8 Å². The zero-order valence-corrected chi connectivity index (χ0v) is 19.9. The fourth-order valence-corrected chi connectivity index (χ4v) is 5.16. The number of ether oxygens (including phenoxy) is 1. The van der Waals surface area contributed by atoms with Gasteiger partial charge in [-0.05, 0) is 53.8 Å². The molecule has 1 amide bonds. The number of aromatic nitrogens is 2. The van der Waals surface area contributed by atoms with E-state index in [0.29, 0.717) is 22.7 Å². The van der Waals surface area contributed by atoms with Gasteiger partial charge in [-0.2, -0.15) is 4.68 Å². The molecular formula is C24H26ClN5O2S. The number of nitrogens with one attached hydrogen (secondary N) is 1. The van der Waals surface area contributed by atoms with Crippen molar-refractivity contribution in [3.05, 3.63) is 71.4 Å². The molecule has 2 aromatic carbocycles. The van der Waals surface area contributed by atoms with Gasteiger partial charge in [-0.1, -0.05) is 35.7 Å². The van der Waals surface area contributed by atoms with E-state index in [-0.39, 0.29) is 6.03 Å². The molecule has 9 heteroatoms. The van der Waals surface area contributed by atoms with Gasteiger partial charge in [0.15, 0.2) is 5.82 Å². The number of hydrogen-bond donors (Lipinski definition) is 1. The normalized spacial score (nSPS) is 20.1. The Hall–Kier alpha value is -2.68. The van der Waals surface area contributed by atoms with Crippen molar-refractivity contribution in [1.29, 1.82) is 0 Å². The van der Waals surface area contributed by atoms with E-state index >= 15 is 0 Å². The number of hydrogen-bond acceptors (Lipinski definition) is 6. The van der Waals surface area contributed by atoms with Gasteiger partial charge < -0.3 is 14.4 Å². The second kappa shape index (κ2) is 9.67. The Balaban J connectivity index is 1.15. The van der Waals surface area contributed by atoms with Gasteiger partial charge in [0.2, 0.25) is 0 Å². The molecule has 0 saturated carbocycles. The molecule has 0 aliphatic carbocycles. The first-order valence-corrected chi connectivity index (χ1v) is 12.6. The number of carbonyl (C=O) groups is 1. The number of carbonyl (C=O) groups excluding carboxylic acids is 1. The van der Waals surface area contributed by atoms with Crippen molar-refractivity contribution in [2.45, 2.75) is 6.54 Å². The summed E-state index contributed by atoms with van der Waals surface area (Å²) in [7, 11) is 0. The van der Waals surface area contributed by atoms with Crippen molar-refractivity contribution >= 4 is 35.4 Å².